The first kappa shape index (κ1) is 23.4. The molecule has 0 aromatic carbocycles. The van der Waals surface area contributed by atoms with Crippen molar-refractivity contribution < 1.29 is 19.5 Å². The van der Waals surface area contributed by atoms with Crippen molar-refractivity contribution in [2.75, 3.05) is 6.54 Å². The average Bonchev–Trinajstić information content (AvgIpc) is 2.58. The Bertz CT molecular complexity index is 405. The monoisotopic (exact) mass is 353 g/mol. The summed E-state index contributed by atoms with van der Waals surface area (Å²) < 4.78 is 0. The Morgan fingerprint density at radius 2 is 1.44 bits per heavy atom. The van der Waals surface area contributed by atoms with E-state index in [1.807, 2.05) is 6.08 Å². The molecule has 0 saturated carbocycles. The zero-order chi connectivity index (χ0) is 18.8. The first-order chi connectivity index (χ1) is 12.1. The quantitative estimate of drug-likeness (QED) is 0.300. The molecule has 0 atom stereocenters. The predicted octanol–water partition coefficient (Wildman–Crippen LogP) is 4.40. The van der Waals surface area contributed by atoms with Crippen molar-refractivity contribution in [2.24, 2.45) is 0 Å². The summed E-state index contributed by atoms with van der Waals surface area (Å²) >= 11 is 0. The number of carbonyl (C=O) groups is 3. The van der Waals surface area contributed by atoms with E-state index < -0.39 is 5.97 Å². The fraction of sp³-hybridized carbons (Fsp3) is 0.750. The van der Waals surface area contributed by atoms with Crippen LogP contribution in [0, 0.1) is 0 Å². The van der Waals surface area contributed by atoms with Crippen molar-refractivity contribution in [1.29, 1.82) is 0 Å². The first-order valence-corrected chi connectivity index (χ1v) is 9.74. The Labute approximate surface area is 152 Å². The van der Waals surface area contributed by atoms with Gasteiger partial charge in [-0.1, -0.05) is 57.9 Å². The van der Waals surface area contributed by atoms with Crippen LogP contribution >= 0.6 is 0 Å². The van der Waals surface area contributed by atoms with Crippen LogP contribution in [0.5, 0.6) is 0 Å². The largest absolute Gasteiger partial charge is 0.480 e. The summed E-state index contributed by atoms with van der Waals surface area (Å²) in [6.07, 6.45) is 16.6. The van der Waals surface area contributed by atoms with Gasteiger partial charge in [-0.2, -0.15) is 0 Å². The molecular formula is C20H35NO4. The highest BCUT2D eigenvalue weighted by atomic mass is 16.4. The molecule has 2 N–H and O–H groups in total. The molecule has 0 radical (unpaired) electrons. The molecule has 144 valence electrons. The molecule has 5 heteroatoms. The number of amides is 1. The second-order valence-electron chi connectivity index (χ2n) is 6.51. The molecule has 0 rings (SSSR count). The third-order valence-electron chi connectivity index (χ3n) is 4.04. The van der Waals surface area contributed by atoms with E-state index in [-0.39, 0.29) is 18.2 Å². The summed E-state index contributed by atoms with van der Waals surface area (Å²) in [4.78, 5) is 33.3. The highest BCUT2D eigenvalue weighted by Crippen LogP contribution is 2.09. The van der Waals surface area contributed by atoms with E-state index in [2.05, 4.69) is 12.2 Å². The van der Waals surface area contributed by atoms with Crippen molar-refractivity contribution in [3.05, 3.63) is 12.2 Å². The molecule has 0 spiro atoms. The lowest BCUT2D eigenvalue weighted by Gasteiger charge is -2.02. The number of nitrogens with one attached hydrogen (secondary N) is 1. The van der Waals surface area contributed by atoms with Gasteiger partial charge >= 0.3 is 5.97 Å². The Morgan fingerprint density at radius 3 is 2.12 bits per heavy atom. The molecule has 0 unspecified atom stereocenters. The van der Waals surface area contributed by atoms with Crippen molar-refractivity contribution in [2.45, 2.75) is 90.4 Å². The molecule has 5 nitrogen and oxygen atoms in total. The van der Waals surface area contributed by atoms with Crippen LogP contribution in [0.3, 0.4) is 0 Å². The fourth-order valence-corrected chi connectivity index (χ4v) is 2.54. The van der Waals surface area contributed by atoms with Crippen LogP contribution in [0.1, 0.15) is 90.4 Å². The number of carbonyl (C=O) groups excluding carboxylic acids is 2. The van der Waals surface area contributed by atoms with Gasteiger partial charge < -0.3 is 10.4 Å². The molecule has 0 heterocycles. The number of hydrogen-bond donors (Lipinski definition) is 2. The van der Waals surface area contributed by atoms with Gasteiger partial charge in [-0.3, -0.25) is 14.4 Å². The number of allylic oxidation sites excluding steroid dienone is 2. The van der Waals surface area contributed by atoms with Gasteiger partial charge in [0, 0.05) is 12.8 Å². The van der Waals surface area contributed by atoms with Gasteiger partial charge in [0.2, 0.25) is 5.91 Å². The third kappa shape index (κ3) is 18.5. The van der Waals surface area contributed by atoms with Crippen LogP contribution < -0.4 is 5.32 Å². The molecule has 0 saturated heterocycles. The van der Waals surface area contributed by atoms with Gasteiger partial charge in [-0.25, -0.2) is 0 Å². The molecule has 0 fully saturated rings. The summed E-state index contributed by atoms with van der Waals surface area (Å²) in [5, 5.41) is 10.8. The van der Waals surface area contributed by atoms with Gasteiger partial charge in [-0.05, 0) is 31.8 Å². The minimum Gasteiger partial charge on any atom is -0.480 e. The number of rotatable bonds is 17. The highest BCUT2D eigenvalue weighted by Gasteiger charge is 2.03. The zero-order valence-electron chi connectivity index (χ0n) is 15.7. The van der Waals surface area contributed by atoms with Crippen molar-refractivity contribution in [3.8, 4) is 0 Å². The maximum Gasteiger partial charge on any atom is 0.322 e. The predicted molar refractivity (Wildman–Crippen MR) is 100 cm³/mol. The van der Waals surface area contributed by atoms with Crippen molar-refractivity contribution in [1.82, 2.24) is 5.32 Å². The van der Waals surface area contributed by atoms with Gasteiger partial charge in [0.1, 0.15) is 6.54 Å². The molecule has 0 aliphatic carbocycles. The Kier molecular flexibility index (Phi) is 16.0. The summed E-state index contributed by atoms with van der Waals surface area (Å²) in [6, 6.07) is 0. The maximum atomic E-state index is 11.7. The Morgan fingerprint density at radius 1 is 0.840 bits per heavy atom. The first-order valence-electron chi connectivity index (χ1n) is 9.74. The van der Waals surface area contributed by atoms with Gasteiger partial charge in [0.25, 0.3) is 0 Å². The molecule has 25 heavy (non-hydrogen) atoms. The summed E-state index contributed by atoms with van der Waals surface area (Å²) in [5.41, 5.74) is 0. The standard InChI is InChI=1S/C20H35NO4/c1-2-3-4-5-6-8-11-14-18(22)15-12-9-7-10-13-16-19(23)21-17-20(24)25/h11,14H,2-10,12-13,15-17H2,1H3,(H,21,23)(H,24,25)/b14-11+. The molecule has 0 aliphatic rings. The van der Waals surface area contributed by atoms with Crippen LogP contribution in [-0.2, 0) is 14.4 Å². The van der Waals surface area contributed by atoms with E-state index in [1.54, 1.807) is 6.08 Å². The van der Waals surface area contributed by atoms with E-state index >= 15 is 0 Å². The second kappa shape index (κ2) is 17.2. The lowest BCUT2D eigenvalue weighted by Crippen LogP contribution is -2.28. The topological polar surface area (TPSA) is 83.5 Å². The molecular weight excluding hydrogens is 318 g/mol. The number of ketones is 1. The molecule has 0 aliphatic heterocycles. The highest BCUT2D eigenvalue weighted by molar-refractivity contribution is 5.89. The SMILES string of the molecule is CCCCCCC/C=C/C(=O)CCCCCCCC(=O)NCC(=O)O. The van der Waals surface area contributed by atoms with E-state index in [4.69, 9.17) is 5.11 Å². The zero-order valence-corrected chi connectivity index (χ0v) is 15.7. The van der Waals surface area contributed by atoms with E-state index in [9.17, 15) is 14.4 Å². The van der Waals surface area contributed by atoms with E-state index in [1.165, 1.54) is 32.1 Å². The van der Waals surface area contributed by atoms with Crippen LogP contribution in [0.4, 0.5) is 0 Å². The second-order valence-corrected chi connectivity index (χ2v) is 6.51. The molecule has 1 amide bonds. The summed E-state index contributed by atoms with van der Waals surface area (Å²) in [7, 11) is 0. The average molecular weight is 354 g/mol. The van der Waals surface area contributed by atoms with Gasteiger partial charge in [-0.15, -0.1) is 0 Å². The summed E-state index contributed by atoms with van der Waals surface area (Å²) in [6.45, 7) is 1.89. The smallest absolute Gasteiger partial charge is 0.322 e. The fourth-order valence-electron chi connectivity index (χ4n) is 2.54. The lowest BCUT2D eigenvalue weighted by molar-refractivity contribution is -0.137. The van der Waals surface area contributed by atoms with E-state index in [0.29, 0.717) is 12.8 Å². The Balaban J connectivity index is 3.39. The molecule has 0 bridgehead atoms. The van der Waals surface area contributed by atoms with E-state index in [0.717, 1.165) is 38.5 Å². The lowest BCUT2D eigenvalue weighted by atomic mass is 10.1. The molecule has 0 aromatic rings. The number of carboxylic acid groups (broad SMARTS) is 1. The minimum atomic E-state index is -1.02. The Hall–Kier alpha value is -1.65. The van der Waals surface area contributed by atoms with Crippen LogP contribution in [0.25, 0.3) is 0 Å². The number of hydrogen-bond acceptors (Lipinski definition) is 3. The number of carboxylic acids is 1. The number of unbranched alkanes of at least 4 members (excludes halogenated alkanes) is 9. The number of aliphatic carboxylic acids is 1. The van der Waals surface area contributed by atoms with Crippen molar-refractivity contribution >= 4 is 17.7 Å². The van der Waals surface area contributed by atoms with Crippen LogP contribution in [0.2, 0.25) is 0 Å². The van der Waals surface area contributed by atoms with Gasteiger partial charge in [0.15, 0.2) is 5.78 Å². The van der Waals surface area contributed by atoms with Crippen LogP contribution in [0.15, 0.2) is 12.2 Å². The third-order valence-corrected chi connectivity index (χ3v) is 4.04. The normalized spacial score (nSPS) is 10.9. The maximum absolute atomic E-state index is 11.7. The van der Waals surface area contributed by atoms with Gasteiger partial charge in [0.05, 0.1) is 0 Å². The molecule has 0 aromatic heterocycles. The minimum absolute atomic E-state index is 0.210. The summed E-state index contributed by atoms with van der Waals surface area (Å²) in [5.74, 6) is -1.03. The van der Waals surface area contributed by atoms with Crippen molar-refractivity contribution in [3.63, 3.8) is 0 Å². The van der Waals surface area contributed by atoms with Crippen LogP contribution in [-0.4, -0.2) is 29.3 Å².